The van der Waals surface area contributed by atoms with Crippen molar-refractivity contribution in [2.75, 3.05) is 6.61 Å². The van der Waals surface area contributed by atoms with Crippen molar-refractivity contribution in [2.45, 2.75) is 20.0 Å². The van der Waals surface area contributed by atoms with Gasteiger partial charge in [-0.15, -0.1) is 0 Å². The van der Waals surface area contributed by atoms with Crippen molar-refractivity contribution in [2.24, 2.45) is 0 Å². The van der Waals surface area contributed by atoms with Gasteiger partial charge in [0.2, 0.25) is 0 Å². The highest BCUT2D eigenvalue weighted by Crippen LogP contribution is 2.23. The summed E-state index contributed by atoms with van der Waals surface area (Å²) < 4.78 is 15.9. The number of benzene rings is 1. The summed E-state index contributed by atoms with van der Waals surface area (Å²) in [7, 11) is 0. The van der Waals surface area contributed by atoms with Crippen LogP contribution >= 0.6 is 12.2 Å². The van der Waals surface area contributed by atoms with Gasteiger partial charge < -0.3 is 13.6 Å². The van der Waals surface area contributed by atoms with Crippen LogP contribution in [-0.4, -0.2) is 6.61 Å². The number of fused-ring (bicyclic) bond motifs is 1. The Morgan fingerprint density at radius 2 is 2.07 bits per heavy atom. The van der Waals surface area contributed by atoms with Gasteiger partial charge in [0, 0.05) is 18.8 Å². The number of rotatable bonds is 3. The normalized spacial score (nSPS) is 13.2. The van der Waals surface area contributed by atoms with Crippen molar-refractivity contribution in [3.63, 3.8) is 0 Å². The second-order valence-corrected chi connectivity index (χ2v) is 3.59. The molecule has 0 aliphatic heterocycles. The lowest BCUT2D eigenvalue weighted by Crippen LogP contribution is -1.98. The van der Waals surface area contributed by atoms with E-state index in [1.54, 1.807) is 0 Å². The van der Waals surface area contributed by atoms with Crippen LogP contribution in [0.25, 0.3) is 11.2 Å². The first-order valence-electron chi connectivity index (χ1n) is 4.86. The molecule has 0 N–H and O–H groups in total. The molecule has 0 amide bonds. The molecular weight excluding hydrogens is 212 g/mol. The minimum absolute atomic E-state index is 0.0538. The molecule has 0 aliphatic carbocycles. The average molecular weight is 224 g/mol. The lowest BCUT2D eigenvalue weighted by molar-refractivity contribution is 0.0764. The summed E-state index contributed by atoms with van der Waals surface area (Å²) in [5.74, 6) is 0. The summed E-state index contributed by atoms with van der Waals surface area (Å²) in [6.07, 6.45) is 0.0538. The predicted molar refractivity (Wildman–Crippen MR) is 59.4 cm³/mol. The maximum atomic E-state index is 5.49. The van der Waals surface area contributed by atoms with Crippen molar-refractivity contribution in [1.29, 1.82) is 0 Å². The highest BCUT2D eigenvalue weighted by atomic mass is 32.1. The van der Waals surface area contributed by atoms with E-state index in [1.807, 2.05) is 32.0 Å². The van der Waals surface area contributed by atoms with Gasteiger partial charge in [0.05, 0.1) is 6.10 Å². The van der Waals surface area contributed by atoms with Crippen LogP contribution in [0.4, 0.5) is 0 Å². The molecule has 4 heteroatoms. The molecule has 0 fully saturated rings. The van der Waals surface area contributed by atoms with Gasteiger partial charge in [-0.2, -0.15) is 0 Å². The Kier molecular flexibility index (Phi) is 2.88. The molecule has 1 heterocycles. The third kappa shape index (κ3) is 2.11. The summed E-state index contributed by atoms with van der Waals surface area (Å²) in [5, 5.41) is 0. The molecule has 1 aromatic heterocycles. The second-order valence-electron chi connectivity index (χ2n) is 3.26. The van der Waals surface area contributed by atoms with Crippen LogP contribution in [-0.2, 0) is 4.74 Å². The smallest absolute Gasteiger partial charge is 0.363 e. The van der Waals surface area contributed by atoms with Gasteiger partial charge in [0.1, 0.15) is 0 Å². The topological polar surface area (TPSA) is 35.5 Å². The molecule has 0 saturated heterocycles. The molecule has 2 aromatic rings. The molecule has 15 heavy (non-hydrogen) atoms. The molecule has 0 saturated carbocycles. The summed E-state index contributed by atoms with van der Waals surface area (Å²) >= 11 is 4.81. The summed E-state index contributed by atoms with van der Waals surface area (Å²) in [4.78, 5) is 0.159. The van der Waals surface area contributed by atoms with Crippen molar-refractivity contribution < 1.29 is 13.6 Å². The van der Waals surface area contributed by atoms with Crippen LogP contribution in [0, 0.1) is 4.90 Å². The summed E-state index contributed by atoms with van der Waals surface area (Å²) in [5.41, 5.74) is 2.40. The fraction of sp³-hybridized carbons (Fsp3) is 0.364. The van der Waals surface area contributed by atoms with Gasteiger partial charge >= 0.3 is 4.90 Å². The zero-order valence-electron chi connectivity index (χ0n) is 8.65. The van der Waals surface area contributed by atoms with E-state index >= 15 is 0 Å². The van der Waals surface area contributed by atoms with Gasteiger partial charge in [0.25, 0.3) is 0 Å². The molecule has 3 nitrogen and oxygen atoms in total. The highest BCUT2D eigenvalue weighted by Gasteiger charge is 2.08. The fourth-order valence-electron chi connectivity index (χ4n) is 1.49. The van der Waals surface area contributed by atoms with Crippen LogP contribution in [0.5, 0.6) is 0 Å². The van der Waals surface area contributed by atoms with E-state index in [0.717, 1.165) is 5.56 Å². The van der Waals surface area contributed by atoms with Crippen LogP contribution in [0.3, 0.4) is 0 Å². The first-order chi connectivity index (χ1) is 7.20. The SMILES string of the molecule is CCOC(C)c1ccc2oc(=S)oc2c1. The molecule has 1 aromatic carbocycles. The molecule has 0 spiro atoms. The van der Waals surface area contributed by atoms with Gasteiger partial charge in [-0.05, 0) is 31.5 Å². The molecular formula is C11H12O3S. The van der Waals surface area contributed by atoms with Crippen LogP contribution in [0.1, 0.15) is 25.5 Å². The third-order valence-electron chi connectivity index (χ3n) is 2.24. The highest BCUT2D eigenvalue weighted by molar-refractivity contribution is 7.71. The minimum atomic E-state index is 0.0538. The molecule has 1 unspecified atom stereocenters. The Morgan fingerprint density at radius 3 is 2.80 bits per heavy atom. The Morgan fingerprint density at radius 1 is 1.33 bits per heavy atom. The Hall–Kier alpha value is -1.13. The van der Waals surface area contributed by atoms with Gasteiger partial charge in [0.15, 0.2) is 11.2 Å². The monoisotopic (exact) mass is 224 g/mol. The van der Waals surface area contributed by atoms with Crippen molar-refractivity contribution in [3.8, 4) is 0 Å². The molecule has 2 rings (SSSR count). The molecule has 0 bridgehead atoms. The van der Waals surface area contributed by atoms with Gasteiger partial charge in [-0.1, -0.05) is 6.07 Å². The zero-order valence-corrected chi connectivity index (χ0v) is 9.47. The van der Waals surface area contributed by atoms with Crippen LogP contribution < -0.4 is 0 Å². The first kappa shape index (κ1) is 10.4. The molecule has 0 aliphatic rings. The number of hydrogen-bond acceptors (Lipinski definition) is 4. The predicted octanol–water partition coefficient (Wildman–Crippen LogP) is 3.85. The quantitative estimate of drug-likeness (QED) is 0.742. The van der Waals surface area contributed by atoms with E-state index in [9.17, 15) is 0 Å². The van der Waals surface area contributed by atoms with Crippen molar-refractivity contribution in [1.82, 2.24) is 0 Å². The average Bonchev–Trinajstić information content (AvgIpc) is 2.57. The zero-order chi connectivity index (χ0) is 10.8. The fourth-order valence-corrected chi connectivity index (χ4v) is 1.67. The van der Waals surface area contributed by atoms with E-state index < -0.39 is 0 Å². The van der Waals surface area contributed by atoms with Crippen LogP contribution in [0.2, 0.25) is 0 Å². The van der Waals surface area contributed by atoms with E-state index in [0.29, 0.717) is 17.8 Å². The molecule has 0 radical (unpaired) electrons. The third-order valence-corrected chi connectivity index (χ3v) is 2.41. The summed E-state index contributed by atoms with van der Waals surface area (Å²) in [6, 6.07) is 5.70. The van der Waals surface area contributed by atoms with E-state index in [2.05, 4.69) is 0 Å². The number of hydrogen-bond donors (Lipinski definition) is 0. The van der Waals surface area contributed by atoms with Crippen molar-refractivity contribution >= 4 is 23.4 Å². The van der Waals surface area contributed by atoms with E-state index in [-0.39, 0.29) is 11.0 Å². The Balaban J connectivity index is 2.41. The van der Waals surface area contributed by atoms with E-state index in [1.165, 1.54) is 0 Å². The second kappa shape index (κ2) is 4.16. The van der Waals surface area contributed by atoms with E-state index in [4.69, 9.17) is 25.8 Å². The first-order valence-corrected chi connectivity index (χ1v) is 5.26. The Labute approximate surface area is 92.6 Å². The maximum absolute atomic E-state index is 5.49. The van der Waals surface area contributed by atoms with Gasteiger partial charge in [-0.3, -0.25) is 0 Å². The summed E-state index contributed by atoms with van der Waals surface area (Å²) in [6.45, 7) is 4.66. The Bertz CT molecular complexity index is 512. The lowest BCUT2D eigenvalue weighted by atomic mass is 10.1. The lowest BCUT2D eigenvalue weighted by Gasteiger charge is -2.10. The van der Waals surface area contributed by atoms with Gasteiger partial charge in [-0.25, -0.2) is 0 Å². The number of ether oxygens (including phenoxy) is 1. The maximum Gasteiger partial charge on any atom is 0.363 e. The minimum Gasteiger partial charge on any atom is -0.413 e. The standard InChI is InChI=1S/C11H12O3S/c1-3-12-7(2)8-4-5-9-10(6-8)14-11(15)13-9/h4-7H,3H2,1-2H3. The van der Waals surface area contributed by atoms with Crippen LogP contribution in [0.15, 0.2) is 27.0 Å². The molecule has 1 atom stereocenters. The molecule has 80 valence electrons. The largest absolute Gasteiger partial charge is 0.413 e. The van der Waals surface area contributed by atoms with Crippen molar-refractivity contribution in [3.05, 3.63) is 28.7 Å².